The molecule has 1 aromatic carbocycles. The first-order valence-corrected chi connectivity index (χ1v) is 11.0. The summed E-state index contributed by atoms with van der Waals surface area (Å²) in [5, 5.41) is 12.3. The Morgan fingerprint density at radius 3 is 2.41 bits per heavy atom. The SMILES string of the molecule is CCCCOC(=O)CNC(=O)C(C#N)C(=O)C(C)Oc1ccc(Oc2ccc(C)s2)cc1. The van der Waals surface area contributed by atoms with E-state index in [2.05, 4.69) is 5.32 Å². The van der Waals surface area contributed by atoms with Crippen LogP contribution in [0.4, 0.5) is 0 Å². The standard InChI is InChI=1S/C23H26N2O6S/c1-4-5-12-29-20(26)14-25-23(28)19(13-24)22(27)16(3)30-17-7-9-18(10-8-17)31-21-11-6-15(2)32-21/h6-11,16,19H,4-5,12,14H2,1-3H3,(H,25,28). The highest BCUT2D eigenvalue weighted by Gasteiger charge is 2.31. The van der Waals surface area contributed by atoms with E-state index >= 15 is 0 Å². The number of aryl methyl sites for hydroxylation is 1. The summed E-state index contributed by atoms with van der Waals surface area (Å²) in [6.07, 6.45) is 0.537. The maximum atomic E-state index is 12.5. The zero-order valence-electron chi connectivity index (χ0n) is 18.3. The van der Waals surface area contributed by atoms with E-state index < -0.39 is 36.2 Å². The molecule has 0 radical (unpaired) electrons. The lowest BCUT2D eigenvalue weighted by Gasteiger charge is -2.16. The monoisotopic (exact) mass is 458 g/mol. The number of unbranched alkanes of at least 4 members (excludes halogenated alkanes) is 1. The Morgan fingerprint density at radius 2 is 1.81 bits per heavy atom. The number of thiophene rings is 1. The number of carbonyl (C=O) groups is 3. The van der Waals surface area contributed by atoms with Crippen LogP contribution >= 0.6 is 11.3 Å². The quantitative estimate of drug-likeness (QED) is 0.292. The topological polar surface area (TPSA) is 115 Å². The molecule has 9 heteroatoms. The van der Waals surface area contributed by atoms with Gasteiger partial charge in [-0.15, -0.1) is 11.3 Å². The molecule has 0 aliphatic rings. The minimum atomic E-state index is -1.60. The Labute approximate surface area is 191 Å². The van der Waals surface area contributed by atoms with E-state index in [4.69, 9.17) is 14.2 Å². The maximum absolute atomic E-state index is 12.5. The van der Waals surface area contributed by atoms with Gasteiger partial charge in [0.2, 0.25) is 5.91 Å². The molecule has 0 bridgehead atoms. The third kappa shape index (κ3) is 7.71. The third-order valence-electron chi connectivity index (χ3n) is 4.32. The van der Waals surface area contributed by atoms with Crippen molar-refractivity contribution in [2.24, 2.45) is 5.92 Å². The lowest BCUT2D eigenvalue weighted by molar-refractivity contribution is -0.145. The molecule has 1 N–H and O–H groups in total. The van der Waals surface area contributed by atoms with Crippen molar-refractivity contribution in [2.75, 3.05) is 13.2 Å². The lowest BCUT2D eigenvalue weighted by Crippen LogP contribution is -2.42. The van der Waals surface area contributed by atoms with Crippen molar-refractivity contribution in [1.82, 2.24) is 5.32 Å². The molecular weight excluding hydrogens is 432 g/mol. The van der Waals surface area contributed by atoms with Gasteiger partial charge in [0.15, 0.2) is 22.9 Å². The van der Waals surface area contributed by atoms with Gasteiger partial charge in [-0.2, -0.15) is 5.26 Å². The van der Waals surface area contributed by atoms with Gasteiger partial charge in [0, 0.05) is 4.88 Å². The molecule has 0 fully saturated rings. The van der Waals surface area contributed by atoms with Crippen LogP contribution in [0.3, 0.4) is 0 Å². The number of nitriles is 1. The van der Waals surface area contributed by atoms with E-state index in [-0.39, 0.29) is 6.61 Å². The van der Waals surface area contributed by atoms with Gasteiger partial charge in [0.1, 0.15) is 18.0 Å². The summed E-state index contributed by atoms with van der Waals surface area (Å²) in [6, 6.07) is 12.2. The maximum Gasteiger partial charge on any atom is 0.325 e. The van der Waals surface area contributed by atoms with E-state index in [9.17, 15) is 19.6 Å². The van der Waals surface area contributed by atoms with Crippen LogP contribution in [-0.2, 0) is 19.1 Å². The summed E-state index contributed by atoms with van der Waals surface area (Å²) < 4.78 is 16.2. The Kier molecular flexibility index (Phi) is 9.70. The van der Waals surface area contributed by atoms with Crippen molar-refractivity contribution in [3.05, 3.63) is 41.3 Å². The van der Waals surface area contributed by atoms with Crippen LogP contribution in [0.5, 0.6) is 16.6 Å². The molecule has 0 saturated heterocycles. The van der Waals surface area contributed by atoms with Crippen molar-refractivity contribution in [2.45, 2.75) is 39.7 Å². The Bertz CT molecular complexity index is 964. The number of nitrogens with zero attached hydrogens (tertiary/aromatic N) is 1. The second-order valence-electron chi connectivity index (χ2n) is 6.95. The molecule has 2 unspecified atom stereocenters. The molecule has 1 aromatic heterocycles. The molecule has 0 aliphatic heterocycles. The largest absolute Gasteiger partial charge is 0.483 e. The average Bonchev–Trinajstić information content (AvgIpc) is 3.18. The molecule has 0 saturated carbocycles. The molecule has 2 aromatic rings. The van der Waals surface area contributed by atoms with E-state index in [1.165, 1.54) is 18.3 Å². The van der Waals surface area contributed by atoms with Crippen LogP contribution in [0.1, 0.15) is 31.6 Å². The Morgan fingerprint density at radius 1 is 1.12 bits per heavy atom. The number of ether oxygens (including phenoxy) is 3. The van der Waals surface area contributed by atoms with Gasteiger partial charge >= 0.3 is 5.97 Å². The van der Waals surface area contributed by atoms with Crippen LogP contribution in [0.15, 0.2) is 36.4 Å². The highest BCUT2D eigenvalue weighted by molar-refractivity contribution is 7.13. The van der Waals surface area contributed by atoms with Crippen molar-refractivity contribution in [3.8, 4) is 22.6 Å². The number of ketones is 1. The number of Topliss-reactive ketones (excluding diaryl/α,β-unsaturated/α-hetero) is 1. The van der Waals surface area contributed by atoms with Crippen LogP contribution in [0.25, 0.3) is 0 Å². The summed E-state index contributed by atoms with van der Waals surface area (Å²) in [7, 11) is 0. The second kappa shape index (κ2) is 12.5. The lowest BCUT2D eigenvalue weighted by atomic mass is 10.0. The summed E-state index contributed by atoms with van der Waals surface area (Å²) in [6.45, 7) is 5.25. The van der Waals surface area contributed by atoms with E-state index in [0.29, 0.717) is 17.9 Å². The number of rotatable bonds is 12. The highest BCUT2D eigenvalue weighted by Crippen LogP contribution is 2.30. The molecule has 170 valence electrons. The van der Waals surface area contributed by atoms with Gasteiger partial charge in [0.25, 0.3) is 0 Å². The van der Waals surface area contributed by atoms with E-state index in [1.54, 1.807) is 30.3 Å². The number of carbonyl (C=O) groups excluding carboxylic acids is 3. The average molecular weight is 459 g/mol. The van der Waals surface area contributed by atoms with Gasteiger partial charge in [-0.1, -0.05) is 13.3 Å². The normalized spacial score (nSPS) is 12.2. The first kappa shape index (κ1) is 24.9. The minimum absolute atomic E-state index is 0.257. The smallest absolute Gasteiger partial charge is 0.325 e. The number of amides is 1. The van der Waals surface area contributed by atoms with Gasteiger partial charge in [0.05, 0.1) is 12.7 Å². The molecule has 2 atom stereocenters. The molecule has 0 aliphatic carbocycles. The Balaban J connectivity index is 1.87. The van der Waals surface area contributed by atoms with Crippen molar-refractivity contribution < 1.29 is 28.6 Å². The molecule has 0 spiro atoms. The van der Waals surface area contributed by atoms with Gasteiger partial charge in [-0.3, -0.25) is 14.4 Å². The first-order valence-electron chi connectivity index (χ1n) is 10.2. The third-order valence-corrected chi connectivity index (χ3v) is 5.19. The fourth-order valence-electron chi connectivity index (χ4n) is 2.56. The van der Waals surface area contributed by atoms with E-state index in [1.807, 2.05) is 26.0 Å². The zero-order chi connectivity index (χ0) is 23.5. The fourth-order valence-corrected chi connectivity index (χ4v) is 3.29. The van der Waals surface area contributed by atoms with Crippen molar-refractivity contribution in [1.29, 1.82) is 5.26 Å². The molecular formula is C23H26N2O6S. The molecule has 1 heterocycles. The number of hydrogen-bond donors (Lipinski definition) is 1. The first-order chi connectivity index (χ1) is 15.3. The fraction of sp³-hybridized carbons (Fsp3) is 0.391. The van der Waals surface area contributed by atoms with Gasteiger partial charge in [-0.25, -0.2) is 0 Å². The molecule has 32 heavy (non-hydrogen) atoms. The van der Waals surface area contributed by atoms with Crippen LogP contribution in [0, 0.1) is 24.2 Å². The predicted molar refractivity (Wildman–Crippen MR) is 119 cm³/mol. The molecule has 2 rings (SSSR count). The Hall–Kier alpha value is -3.38. The summed E-state index contributed by atoms with van der Waals surface area (Å²) >= 11 is 1.52. The van der Waals surface area contributed by atoms with Crippen molar-refractivity contribution in [3.63, 3.8) is 0 Å². The number of esters is 1. The second-order valence-corrected chi connectivity index (χ2v) is 8.21. The number of benzene rings is 1. The van der Waals surface area contributed by atoms with Gasteiger partial charge < -0.3 is 19.5 Å². The zero-order valence-corrected chi connectivity index (χ0v) is 19.1. The van der Waals surface area contributed by atoms with Crippen LogP contribution < -0.4 is 14.8 Å². The number of nitrogens with one attached hydrogen (secondary N) is 1. The summed E-state index contributed by atoms with van der Waals surface area (Å²) in [4.78, 5) is 37.5. The summed E-state index contributed by atoms with van der Waals surface area (Å²) in [5.41, 5.74) is 0. The minimum Gasteiger partial charge on any atom is -0.483 e. The van der Waals surface area contributed by atoms with Crippen LogP contribution in [-0.4, -0.2) is 36.9 Å². The molecule has 1 amide bonds. The molecule has 8 nitrogen and oxygen atoms in total. The highest BCUT2D eigenvalue weighted by atomic mass is 32.1. The predicted octanol–water partition coefficient (Wildman–Crippen LogP) is 3.78. The van der Waals surface area contributed by atoms with Gasteiger partial charge in [-0.05, 0) is 56.7 Å². The summed E-state index contributed by atoms with van der Waals surface area (Å²) in [5.74, 6) is -2.80. The number of hydrogen-bond acceptors (Lipinski definition) is 8. The van der Waals surface area contributed by atoms with Crippen molar-refractivity contribution >= 4 is 29.0 Å². The van der Waals surface area contributed by atoms with E-state index in [0.717, 1.165) is 16.4 Å². The van der Waals surface area contributed by atoms with Crippen LogP contribution in [0.2, 0.25) is 0 Å².